The van der Waals surface area contributed by atoms with Crippen molar-refractivity contribution in [2.75, 3.05) is 0 Å². The highest BCUT2D eigenvalue weighted by Gasteiger charge is 2.20. The number of carbonyl (C=O) groups excluding carboxylic acids is 1. The molecule has 1 unspecified atom stereocenters. The largest absolute Gasteiger partial charge is 0.361 e. The van der Waals surface area contributed by atoms with Gasteiger partial charge in [0.05, 0.1) is 11.2 Å². The van der Waals surface area contributed by atoms with E-state index in [0.29, 0.717) is 22.8 Å². The number of hydrogen-bond acceptors (Lipinski definition) is 7. The molecule has 3 aromatic heterocycles. The molecule has 1 amide bonds. The van der Waals surface area contributed by atoms with Gasteiger partial charge < -0.3 is 9.84 Å². The third-order valence-corrected chi connectivity index (χ3v) is 6.02. The Labute approximate surface area is 212 Å². The number of aromatic nitrogens is 4. The number of carbonyl (C=O) groups is 1. The van der Waals surface area contributed by atoms with Gasteiger partial charge in [-0.3, -0.25) is 15.1 Å². The van der Waals surface area contributed by atoms with Gasteiger partial charge in [-0.05, 0) is 43.7 Å². The normalized spacial score (nSPS) is 12.0. The number of halogens is 1. The lowest BCUT2D eigenvalue weighted by Gasteiger charge is -2.21. The average Bonchev–Trinajstić information content (AvgIpc) is 3.23. The highest BCUT2D eigenvalue weighted by Crippen LogP contribution is 2.28. The Morgan fingerprint density at radius 3 is 2.72 bits per heavy atom. The molecule has 2 N–H and O–H groups in total. The minimum Gasteiger partial charge on any atom is -0.361 e. The maximum atomic E-state index is 13.2. The van der Waals surface area contributed by atoms with Crippen LogP contribution in [0, 0.1) is 13.8 Å². The Balaban J connectivity index is 1.46. The van der Waals surface area contributed by atoms with E-state index in [2.05, 4.69) is 30.7 Å². The Morgan fingerprint density at radius 2 is 1.92 bits per heavy atom. The van der Waals surface area contributed by atoms with Crippen LogP contribution in [-0.4, -0.2) is 26.0 Å². The van der Waals surface area contributed by atoms with Gasteiger partial charge in [0.1, 0.15) is 11.9 Å². The van der Waals surface area contributed by atoms with Gasteiger partial charge >= 0.3 is 0 Å². The van der Waals surface area contributed by atoms with Gasteiger partial charge in [0.15, 0.2) is 0 Å². The third kappa shape index (κ3) is 5.10. The van der Waals surface area contributed by atoms with Crippen LogP contribution in [-0.2, 0) is 6.54 Å². The molecule has 9 heteroatoms. The first kappa shape index (κ1) is 23.6. The zero-order chi connectivity index (χ0) is 25.1. The number of nitrogens with zero attached hydrogens (tertiary/aromatic N) is 4. The Morgan fingerprint density at radius 1 is 1.06 bits per heavy atom. The second-order valence-electron chi connectivity index (χ2n) is 8.38. The fourth-order valence-corrected chi connectivity index (χ4v) is 4.26. The number of aryl methyl sites for hydroxylation is 2. The van der Waals surface area contributed by atoms with E-state index >= 15 is 0 Å². The topological polar surface area (TPSA) is 106 Å². The van der Waals surface area contributed by atoms with Gasteiger partial charge in [0, 0.05) is 52.2 Å². The Kier molecular flexibility index (Phi) is 6.71. The van der Waals surface area contributed by atoms with Crippen LogP contribution in [0.15, 0.2) is 77.7 Å². The van der Waals surface area contributed by atoms with Crippen LogP contribution in [0.25, 0.3) is 22.0 Å². The van der Waals surface area contributed by atoms with Crippen LogP contribution < -0.4 is 10.6 Å². The van der Waals surface area contributed by atoms with Crippen LogP contribution >= 0.6 is 11.6 Å². The summed E-state index contributed by atoms with van der Waals surface area (Å²) in [6, 6.07) is 17.0. The second-order valence-corrected chi connectivity index (χ2v) is 8.81. The van der Waals surface area contributed by atoms with Crippen molar-refractivity contribution in [2.45, 2.75) is 26.6 Å². The Hall–Kier alpha value is -4.14. The first-order valence-electron chi connectivity index (χ1n) is 11.4. The lowest BCUT2D eigenvalue weighted by Crippen LogP contribution is -2.38. The number of pyridine rings is 1. The van der Waals surface area contributed by atoms with Crippen molar-refractivity contribution in [2.24, 2.45) is 0 Å². The molecule has 0 fully saturated rings. The van der Waals surface area contributed by atoms with Crippen molar-refractivity contribution in [3.8, 4) is 11.1 Å². The van der Waals surface area contributed by atoms with E-state index in [1.165, 1.54) is 0 Å². The molecular formula is C27H23ClN6O2. The molecule has 180 valence electrons. The van der Waals surface area contributed by atoms with E-state index in [9.17, 15) is 4.79 Å². The maximum Gasteiger partial charge on any atom is 0.290 e. The van der Waals surface area contributed by atoms with Gasteiger partial charge in [0.25, 0.3) is 5.91 Å². The number of rotatable bonds is 7. The summed E-state index contributed by atoms with van der Waals surface area (Å²) in [7, 11) is 0. The zero-order valence-electron chi connectivity index (χ0n) is 19.7. The van der Waals surface area contributed by atoms with E-state index in [-0.39, 0.29) is 5.82 Å². The number of benzene rings is 2. The summed E-state index contributed by atoms with van der Waals surface area (Å²) in [6.07, 6.45) is 4.52. The molecule has 0 aliphatic carbocycles. The van der Waals surface area contributed by atoms with Gasteiger partial charge in [-0.25, -0.2) is 9.97 Å². The van der Waals surface area contributed by atoms with Crippen molar-refractivity contribution in [1.29, 1.82) is 0 Å². The molecule has 0 aliphatic rings. The summed E-state index contributed by atoms with van der Waals surface area (Å²) in [5.74, 6) is 0.369. The third-order valence-electron chi connectivity index (χ3n) is 5.78. The highest BCUT2D eigenvalue weighted by molar-refractivity contribution is 6.30. The highest BCUT2D eigenvalue weighted by atomic mass is 35.5. The molecule has 0 radical (unpaired) electrons. The van der Waals surface area contributed by atoms with Crippen molar-refractivity contribution >= 4 is 28.4 Å². The molecule has 0 spiro atoms. The fourth-order valence-electron chi connectivity index (χ4n) is 4.04. The molecule has 0 saturated carbocycles. The van der Waals surface area contributed by atoms with Crippen molar-refractivity contribution in [3.05, 3.63) is 107 Å². The van der Waals surface area contributed by atoms with Crippen LogP contribution in [0.3, 0.4) is 0 Å². The molecule has 3 heterocycles. The summed E-state index contributed by atoms with van der Waals surface area (Å²) in [5, 5.41) is 12.0. The van der Waals surface area contributed by atoms with Gasteiger partial charge in [-0.15, -0.1) is 0 Å². The fraction of sp³-hybridized carbons (Fsp3) is 0.148. The monoisotopic (exact) mass is 498 g/mol. The summed E-state index contributed by atoms with van der Waals surface area (Å²) >= 11 is 6.16. The number of para-hydroxylation sites is 1. The molecule has 5 aromatic rings. The quantitative estimate of drug-likeness (QED) is 0.298. The molecule has 5 rings (SSSR count). The number of amides is 1. The van der Waals surface area contributed by atoms with E-state index in [4.69, 9.17) is 16.1 Å². The average molecular weight is 499 g/mol. The van der Waals surface area contributed by atoms with E-state index < -0.39 is 12.1 Å². The first-order valence-corrected chi connectivity index (χ1v) is 11.7. The first-order chi connectivity index (χ1) is 17.5. The molecular weight excluding hydrogens is 476 g/mol. The van der Waals surface area contributed by atoms with Crippen LogP contribution in [0.5, 0.6) is 0 Å². The molecule has 8 nitrogen and oxygen atoms in total. The van der Waals surface area contributed by atoms with Gasteiger partial charge in [0.2, 0.25) is 5.82 Å². The lowest BCUT2D eigenvalue weighted by molar-refractivity contribution is 0.0918. The van der Waals surface area contributed by atoms with E-state index in [1.54, 1.807) is 18.6 Å². The van der Waals surface area contributed by atoms with Crippen LogP contribution in [0.1, 0.15) is 39.4 Å². The predicted molar refractivity (Wildman–Crippen MR) is 137 cm³/mol. The van der Waals surface area contributed by atoms with Crippen molar-refractivity contribution < 1.29 is 9.32 Å². The van der Waals surface area contributed by atoms with Crippen LogP contribution in [0.4, 0.5) is 0 Å². The minimum atomic E-state index is -0.584. The molecule has 0 saturated heterocycles. The lowest BCUT2D eigenvalue weighted by atomic mass is 10.0. The standard InChI is InChI=1S/C27H23ClN6O2/c1-16-24(17(2)36-34-16)20-11-21(14-29-13-20)25(30-12-18-6-5-8-22(28)10-18)33-27(35)26-31-15-19-7-3-4-9-23(19)32-26/h3-11,13-15,25,30H,12H2,1-2H3,(H,33,35). The number of fused-ring (bicyclic) bond motifs is 1. The summed E-state index contributed by atoms with van der Waals surface area (Å²) in [4.78, 5) is 26.3. The molecule has 0 bridgehead atoms. The Bertz CT molecular complexity index is 1530. The van der Waals surface area contributed by atoms with Gasteiger partial charge in [-0.1, -0.05) is 47.1 Å². The van der Waals surface area contributed by atoms with Crippen molar-refractivity contribution in [3.63, 3.8) is 0 Å². The number of nitrogens with one attached hydrogen (secondary N) is 2. The summed E-state index contributed by atoms with van der Waals surface area (Å²) in [6.45, 7) is 4.20. The summed E-state index contributed by atoms with van der Waals surface area (Å²) in [5.41, 5.74) is 4.91. The smallest absolute Gasteiger partial charge is 0.290 e. The van der Waals surface area contributed by atoms with Crippen molar-refractivity contribution in [1.82, 2.24) is 30.7 Å². The zero-order valence-corrected chi connectivity index (χ0v) is 20.5. The molecule has 2 aromatic carbocycles. The predicted octanol–water partition coefficient (Wildman–Crippen LogP) is 5.17. The molecule has 0 aliphatic heterocycles. The van der Waals surface area contributed by atoms with Gasteiger partial charge in [-0.2, -0.15) is 0 Å². The van der Waals surface area contributed by atoms with E-state index in [1.807, 2.05) is 68.4 Å². The van der Waals surface area contributed by atoms with E-state index in [0.717, 1.165) is 33.3 Å². The molecule has 36 heavy (non-hydrogen) atoms. The molecule has 1 atom stereocenters. The second kappa shape index (κ2) is 10.2. The SMILES string of the molecule is Cc1noc(C)c1-c1cncc(C(NCc2cccc(Cl)c2)NC(=O)c2ncc3ccccc3n2)c1. The maximum absolute atomic E-state index is 13.2. The van der Waals surface area contributed by atoms with Crippen LogP contribution in [0.2, 0.25) is 5.02 Å². The number of hydrogen-bond donors (Lipinski definition) is 2. The minimum absolute atomic E-state index is 0.0816. The summed E-state index contributed by atoms with van der Waals surface area (Å²) < 4.78 is 5.33.